The van der Waals surface area contributed by atoms with Crippen molar-refractivity contribution in [1.82, 2.24) is 9.21 Å². The monoisotopic (exact) mass is 325 g/mol. The minimum Gasteiger partial charge on any atom is -0.318 e. The van der Waals surface area contributed by atoms with Crippen LogP contribution in [0.1, 0.15) is 18.7 Å². The minimum absolute atomic E-state index is 0. The molecule has 0 aliphatic carbocycles. The van der Waals surface area contributed by atoms with Gasteiger partial charge in [0.15, 0.2) is 0 Å². The maximum atomic E-state index is 12.7. The molecule has 2 aliphatic heterocycles. The number of anilines is 1. The lowest BCUT2D eigenvalue weighted by atomic mass is 10.1. The van der Waals surface area contributed by atoms with Gasteiger partial charge in [-0.2, -0.15) is 4.31 Å². The smallest absolute Gasteiger partial charge is 0.296 e. The van der Waals surface area contributed by atoms with Crippen molar-refractivity contribution in [3.63, 3.8) is 0 Å². The van der Waals surface area contributed by atoms with Crippen molar-refractivity contribution >= 4 is 27.4 Å². The molecule has 1 amide bonds. The van der Waals surface area contributed by atoms with Crippen molar-refractivity contribution in [3.8, 4) is 0 Å². The summed E-state index contributed by atoms with van der Waals surface area (Å²) in [4.78, 5) is 25.3. The van der Waals surface area contributed by atoms with Crippen molar-refractivity contribution in [1.29, 1.82) is 0 Å². The van der Waals surface area contributed by atoms with E-state index in [1.807, 2.05) is 6.92 Å². The van der Waals surface area contributed by atoms with E-state index >= 15 is 0 Å². The summed E-state index contributed by atoms with van der Waals surface area (Å²) < 4.78 is 26.7. The fourth-order valence-electron chi connectivity index (χ4n) is 2.72. The van der Waals surface area contributed by atoms with Crippen LogP contribution in [-0.4, -0.2) is 62.0 Å². The Bertz CT molecular complexity index is 742. The molecule has 0 spiro atoms. The second-order valence-electron chi connectivity index (χ2n) is 5.33. The third-order valence-electron chi connectivity index (χ3n) is 4.11. The standard InChI is InChI=1S/C14H17N3O4S.H2/c1-2-16-5-7-17(8-6-16)22(20,21)10-3-4-12-11(9-10)13(18)14(19)15-12;/h3-4,9H,2,5-8H2,1H3,(H,15,18,19);1H. The van der Waals surface area contributed by atoms with Gasteiger partial charge in [0.25, 0.3) is 11.7 Å². The number of benzene rings is 1. The van der Waals surface area contributed by atoms with E-state index in [1.54, 1.807) is 0 Å². The fraction of sp³-hybridized carbons (Fsp3) is 0.429. The molecule has 7 nitrogen and oxygen atoms in total. The lowest BCUT2D eigenvalue weighted by molar-refractivity contribution is -0.112. The van der Waals surface area contributed by atoms with Crippen LogP contribution in [0.15, 0.2) is 23.1 Å². The predicted octanol–water partition coefficient (Wildman–Crippen LogP) is 0.394. The quantitative estimate of drug-likeness (QED) is 0.813. The number of fused-ring (bicyclic) bond motifs is 1. The number of ketones is 1. The van der Waals surface area contributed by atoms with Gasteiger partial charge in [0, 0.05) is 27.6 Å². The normalized spacial score (nSPS) is 20.0. The van der Waals surface area contributed by atoms with Crippen LogP contribution in [0.2, 0.25) is 0 Å². The first kappa shape index (κ1) is 15.1. The highest BCUT2D eigenvalue weighted by atomic mass is 32.2. The summed E-state index contributed by atoms with van der Waals surface area (Å²) in [6.07, 6.45) is 0. The van der Waals surface area contributed by atoms with E-state index in [0.29, 0.717) is 31.9 Å². The average Bonchev–Trinajstić information content (AvgIpc) is 2.82. The Morgan fingerprint density at radius 3 is 2.50 bits per heavy atom. The van der Waals surface area contributed by atoms with Gasteiger partial charge in [-0.3, -0.25) is 9.59 Å². The van der Waals surface area contributed by atoms with Crippen LogP contribution in [0.25, 0.3) is 0 Å². The van der Waals surface area contributed by atoms with E-state index < -0.39 is 21.7 Å². The number of likely N-dealkylation sites (N-methyl/N-ethyl adjacent to an activating group) is 1. The zero-order chi connectivity index (χ0) is 15.9. The molecular weight excluding hydrogens is 306 g/mol. The number of nitrogens with zero attached hydrogens (tertiary/aromatic N) is 2. The first-order valence-electron chi connectivity index (χ1n) is 7.15. The van der Waals surface area contributed by atoms with Gasteiger partial charge in [0.2, 0.25) is 10.0 Å². The number of Topliss-reactive ketones (excluding diaryl/α,β-unsaturated/α-hetero) is 1. The molecule has 0 saturated carbocycles. The molecule has 1 fully saturated rings. The maximum Gasteiger partial charge on any atom is 0.296 e. The predicted molar refractivity (Wildman–Crippen MR) is 82.4 cm³/mol. The van der Waals surface area contributed by atoms with E-state index in [2.05, 4.69) is 10.2 Å². The van der Waals surface area contributed by atoms with Crippen molar-refractivity contribution < 1.29 is 19.4 Å². The Morgan fingerprint density at radius 1 is 1.18 bits per heavy atom. The average molecular weight is 325 g/mol. The number of nitrogens with one attached hydrogen (secondary N) is 1. The van der Waals surface area contributed by atoms with Crippen LogP contribution >= 0.6 is 0 Å². The summed E-state index contributed by atoms with van der Waals surface area (Å²) in [5, 5.41) is 2.42. The van der Waals surface area contributed by atoms with E-state index in [4.69, 9.17) is 0 Å². The van der Waals surface area contributed by atoms with Crippen LogP contribution in [0, 0.1) is 0 Å². The number of carbonyl (C=O) groups is 2. The van der Waals surface area contributed by atoms with Gasteiger partial charge in [-0.05, 0) is 24.7 Å². The Balaban J connectivity index is 0.00000192. The fourth-order valence-corrected chi connectivity index (χ4v) is 4.17. The zero-order valence-electron chi connectivity index (χ0n) is 12.2. The molecule has 1 N–H and O–H groups in total. The summed E-state index contributed by atoms with van der Waals surface area (Å²) in [6, 6.07) is 4.18. The first-order valence-corrected chi connectivity index (χ1v) is 8.59. The lowest BCUT2D eigenvalue weighted by Gasteiger charge is -2.33. The molecule has 0 bridgehead atoms. The molecule has 1 aromatic rings. The van der Waals surface area contributed by atoms with Crippen LogP contribution in [0.5, 0.6) is 0 Å². The molecule has 22 heavy (non-hydrogen) atoms. The number of sulfonamides is 1. The molecule has 0 atom stereocenters. The van der Waals surface area contributed by atoms with Crippen molar-refractivity contribution in [2.24, 2.45) is 0 Å². The zero-order valence-corrected chi connectivity index (χ0v) is 13.0. The van der Waals surface area contributed by atoms with Gasteiger partial charge in [-0.1, -0.05) is 6.92 Å². The van der Waals surface area contributed by atoms with Gasteiger partial charge in [-0.25, -0.2) is 8.42 Å². The molecule has 1 saturated heterocycles. The molecule has 2 heterocycles. The van der Waals surface area contributed by atoms with Gasteiger partial charge in [-0.15, -0.1) is 0 Å². The lowest BCUT2D eigenvalue weighted by Crippen LogP contribution is -2.48. The molecular formula is C14H19N3O4S. The van der Waals surface area contributed by atoms with E-state index in [1.165, 1.54) is 22.5 Å². The highest BCUT2D eigenvalue weighted by molar-refractivity contribution is 7.89. The molecule has 0 radical (unpaired) electrons. The van der Waals surface area contributed by atoms with E-state index in [-0.39, 0.29) is 11.9 Å². The largest absolute Gasteiger partial charge is 0.318 e. The van der Waals surface area contributed by atoms with E-state index in [9.17, 15) is 18.0 Å². The highest BCUT2D eigenvalue weighted by Crippen LogP contribution is 2.27. The minimum atomic E-state index is -3.64. The Morgan fingerprint density at radius 2 is 1.86 bits per heavy atom. The number of hydrogen-bond acceptors (Lipinski definition) is 5. The number of piperazine rings is 1. The number of rotatable bonds is 3. The van der Waals surface area contributed by atoms with Crippen LogP contribution in [0.3, 0.4) is 0 Å². The summed E-state index contributed by atoms with van der Waals surface area (Å²) >= 11 is 0. The molecule has 120 valence electrons. The second kappa shape index (κ2) is 5.45. The van der Waals surface area contributed by atoms with Crippen LogP contribution in [0.4, 0.5) is 5.69 Å². The summed E-state index contributed by atoms with van der Waals surface area (Å²) in [6.45, 7) is 5.19. The Kier molecular flexibility index (Phi) is 3.75. The molecule has 1 aromatic carbocycles. The van der Waals surface area contributed by atoms with Crippen LogP contribution in [-0.2, 0) is 14.8 Å². The molecule has 3 rings (SSSR count). The number of amides is 1. The molecule has 2 aliphatic rings. The van der Waals surface area contributed by atoms with Crippen molar-refractivity contribution in [2.45, 2.75) is 11.8 Å². The Hall–Kier alpha value is -1.77. The maximum absolute atomic E-state index is 12.7. The molecule has 0 unspecified atom stereocenters. The van der Waals surface area contributed by atoms with Crippen molar-refractivity contribution in [2.75, 3.05) is 38.0 Å². The summed E-state index contributed by atoms with van der Waals surface area (Å²) in [5.41, 5.74) is 0.489. The second-order valence-corrected chi connectivity index (χ2v) is 7.27. The molecule has 0 aromatic heterocycles. The van der Waals surface area contributed by atoms with Gasteiger partial charge in [0.05, 0.1) is 16.1 Å². The third kappa shape index (κ3) is 2.43. The van der Waals surface area contributed by atoms with Crippen molar-refractivity contribution in [3.05, 3.63) is 23.8 Å². The highest BCUT2D eigenvalue weighted by Gasteiger charge is 2.32. The van der Waals surface area contributed by atoms with E-state index in [0.717, 1.165) is 6.54 Å². The number of carbonyl (C=O) groups excluding carboxylic acids is 2. The van der Waals surface area contributed by atoms with Gasteiger partial charge in [0.1, 0.15) is 0 Å². The van der Waals surface area contributed by atoms with Gasteiger partial charge < -0.3 is 10.2 Å². The topological polar surface area (TPSA) is 86.8 Å². The van der Waals surface area contributed by atoms with Crippen LogP contribution < -0.4 is 5.32 Å². The summed E-state index contributed by atoms with van der Waals surface area (Å²) in [7, 11) is -3.64. The third-order valence-corrected chi connectivity index (χ3v) is 6.00. The Labute approximate surface area is 130 Å². The number of hydrogen-bond donors (Lipinski definition) is 1. The first-order chi connectivity index (χ1) is 10.4. The van der Waals surface area contributed by atoms with Gasteiger partial charge >= 0.3 is 0 Å². The molecule has 8 heteroatoms. The summed E-state index contributed by atoms with van der Waals surface area (Å²) in [5.74, 6) is -1.41. The SMILES string of the molecule is CCN1CCN(S(=O)(=O)c2ccc3c(c2)C(=O)C(=O)N3)CC1.[HH].